The number of carbonyl (C=O) groups excluding carboxylic acids is 1. The number of hydrogen-bond donors (Lipinski definition) is 0. The van der Waals surface area contributed by atoms with Crippen molar-refractivity contribution in [1.82, 2.24) is 24.3 Å². The summed E-state index contributed by atoms with van der Waals surface area (Å²) in [5.74, 6) is 0.561. The molecule has 12 heteroatoms. The van der Waals surface area contributed by atoms with E-state index in [0.29, 0.717) is 56.3 Å². The largest absolute Gasteiger partial charge is 0.462 e. The zero-order valence-electron chi connectivity index (χ0n) is 27.5. The number of anilines is 2. The van der Waals surface area contributed by atoms with E-state index < -0.39 is 0 Å². The van der Waals surface area contributed by atoms with Gasteiger partial charge in [0.05, 0.1) is 35.8 Å². The van der Waals surface area contributed by atoms with Crippen molar-refractivity contribution in [3.63, 3.8) is 0 Å². The van der Waals surface area contributed by atoms with Gasteiger partial charge in [-0.3, -0.25) is 14.2 Å². The van der Waals surface area contributed by atoms with Crippen LogP contribution in [0.1, 0.15) is 30.5 Å². The molecule has 49 heavy (non-hydrogen) atoms. The minimum atomic E-state index is -0.358. The van der Waals surface area contributed by atoms with Gasteiger partial charge in [-0.05, 0) is 56.4 Å². The average Bonchev–Trinajstić information content (AvgIpc) is 3.53. The highest BCUT2D eigenvalue weighted by atomic mass is 35.5. The van der Waals surface area contributed by atoms with Gasteiger partial charge in [0.1, 0.15) is 12.4 Å². The molecule has 2 saturated heterocycles. The molecular formula is C37H39ClN8O3. The standard InChI is InChI=1S/C37H39ClN8O3/c1-42-17-6-9-28(42)25-49-37-40-31-24-44(32-11-5-8-26-7-4-10-30(38)35(26)32)19-14-29(31)36(41-37)45-21-22-46(27(23-45)13-16-39)34(48)15-20-43-18-3-2-12-33(43)47/h2-5,7-8,10-12,15,18,20,27-28H,6,9,13-14,17,19,21-25H2,1H3/b20-15+/t27-,28-/m0/s1. The van der Waals surface area contributed by atoms with Crippen LogP contribution < -0.4 is 20.1 Å². The molecule has 2 aromatic carbocycles. The van der Waals surface area contributed by atoms with Crippen LogP contribution in [-0.4, -0.2) is 88.7 Å². The van der Waals surface area contributed by atoms with Gasteiger partial charge in [0.15, 0.2) is 0 Å². The lowest BCUT2D eigenvalue weighted by atomic mass is 10.0. The van der Waals surface area contributed by atoms with E-state index in [-0.39, 0.29) is 23.9 Å². The van der Waals surface area contributed by atoms with Crippen molar-refractivity contribution >= 4 is 46.0 Å². The monoisotopic (exact) mass is 678 g/mol. The number of fused-ring (bicyclic) bond motifs is 2. The molecule has 5 heterocycles. The van der Waals surface area contributed by atoms with E-state index in [1.807, 2.05) is 12.1 Å². The number of ether oxygens (including phenoxy) is 1. The van der Waals surface area contributed by atoms with Gasteiger partial charge < -0.3 is 24.3 Å². The third kappa shape index (κ3) is 6.84. The molecular weight excluding hydrogens is 640 g/mol. The maximum atomic E-state index is 13.4. The second-order valence-corrected chi connectivity index (χ2v) is 13.3. The molecule has 0 unspecified atom stereocenters. The summed E-state index contributed by atoms with van der Waals surface area (Å²) in [6.07, 6.45) is 7.58. The van der Waals surface area contributed by atoms with E-state index >= 15 is 0 Å². The Kier molecular flexibility index (Phi) is 9.51. The molecule has 7 rings (SSSR count). The van der Waals surface area contributed by atoms with Crippen LogP contribution in [0.3, 0.4) is 0 Å². The third-order valence-electron chi connectivity index (χ3n) is 9.89. The second kappa shape index (κ2) is 14.3. The first-order chi connectivity index (χ1) is 23.9. The first-order valence-electron chi connectivity index (χ1n) is 16.8. The molecule has 0 bridgehead atoms. The van der Waals surface area contributed by atoms with Crippen LogP contribution in [0, 0.1) is 11.3 Å². The van der Waals surface area contributed by atoms with Crippen molar-refractivity contribution in [2.24, 2.45) is 0 Å². The van der Waals surface area contributed by atoms with Gasteiger partial charge in [-0.15, -0.1) is 0 Å². The number of pyridine rings is 1. The molecule has 0 radical (unpaired) electrons. The Labute approximate surface area is 290 Å². The first-order valence-corrected chi connectivity index (χ1v) is 17.2. The number of likely N-dealkylation sites (N-methyl/N-ethyl adjacent to an activating group) is 1. The lowest BCUT2D eigenvalue weighted by molar-refractivity contribution is -0.128. The van der Waals surface area contributed by atoms with E-state index in [9.17, 15) is 14.9 Å². The maximum Gasteiger partial charge on any atom is 0.318 e. The molecule has 0 aliphatic carbocycles. The summed E-state index contributed by atoms with van der Waals surface area (Å²) in [7, 11) is 2.12. The summed E-state index contributed by atoms with van der Waals surface area (Å²) < 4.78 is 7.68. The molecule has 0 spiro atoms. The molecule has 3 aliphatic heterocycles. The van der Waals surface area contributed by atoms with E-state index in [1.165, 1.54) is 22.9 Å². The van der Waals surface area contributed by atoms with Crippen molar-refractivity contribution in [3.8, 4) is 12.1 Å². The van der Waals surface area contributed by atoms with Crippen LogP contribution in [0.2, 0.25) is 5.02 Å². The van der Waals surface area contributed by atoms with Crippen molar-refractivity contribution in [2.75, 3.05) is 56.2 Å². The molecule has 4 aromatic rings. The molecule has 2 fully saturated rings. The number of carbonyl (C=O) groups is 1. The third-order valence-corrected chi connectivity index (χ3v) is 10.2. The van der Waals surface area contributed by atoms with E-state index in [2.05, 4.69) is 52.1 Å². The number of benzene rings is 2. The van der Waals surface area contributed by atoms with Gasteiger partial charge in [-0.25, -0.2) is 0 Å². The molecule has 3 aliphatic rings. The lowest BCUT2D eigenvalue weighted by Crippen LogP contribution is -2.55. The van der Waals surface area contributed by atoms with Gasteiger partial charge in [-0.1, -0.05) is 41.9 Å². The van der Waals surface area contributed by atoms with Crippen molar-refractivity contribution in [1.29, 1.82) is 5.26 Å². The van der Waals surface area contributed by atoms with Crippen LogP contribution in [0.25, 0.3) is 17.0 Å². The summed E-state index contributed by atoms with van der Waals surface area (Å²) in [4.78, 5) is 44.0. The predicted octanol–water partition coefficient (Wildman–Crippen LogP) is 4.58. The van der Waals surface area contributed by atoms with Crippen LogP contribution in [0.4, 0.5) is 11.5 Å². The fraction of sp³-hybridized carbons (Fsp3) is 0.378. The Hall–Kier alpha value is -4.92. The van der Waals surface area contributed by atoms with Gasteiger partial charge in [0.2, 0.25) is 5.91 Å². The number of rotatable bonds is 8. The Morgan fingerprint density at radius 3 is 2.69 bits per heavy atom. The van der Waals surface area contributed by atoms with Gasteiger partial charge in [0.25, 0.3) is 5.56 Å². The average molecular weight is 679 g/mol. The van der Waals surface area contributed by atoms with Gasteiger partial charge in [0, 0.05) is 73.4 Å². The number of piperazine rings is 1. The smallest absolute Gasteiger partial charge is 0.318 e. The normalized spacial score (nSPS) is 19.7. The molecule has 0 saturated carbocycles. The Morgan fingerprint density at radius 1 is 1.04 bits per heavy atom. The van der Waals surface area contributed by atoms with Crippen LogP contribution in [-0.2, 0) is 17.8 Å². The number of halogens is 1. The topological polar surface area (TPSA) is 111 Å². The molecule has 11 nitrogen and oxygen atoms in total. The Balaban J connectivity index is 1.18. The highest BCUT2D eigenvalue weighted by Crippen LogP contribution is 2.37. The summed E-state index contributed by atoms with van der Waals surface area (Å²) in [6.45, 7) is 4.25. The van der Waals surface area contributed by atoms with E-state index in [4.69, 9.17) is 26.3 Å². The second-order valence-electron chi connectivity index (χ2n) is 12.9. The SMILES string of the molecule is CN1CCC[C@H]1COc1nc2c(c(N3CCN(C(=O)/C=C/n4ccccc4=O)[C@@H](CC#N)C3)n1)CCN(c1cccc3cccc(Cl)c13)C2. The van der Waals surface area contributed by atoms with Gasteiger partial charge in [-0.2, -0.15) is 15.2 Å². The number of aromatic nitrogens is 3. The predicted molar refractivity (Wildman–Crippen MR) is 191 cm³/mol. The lowest BCUT2D eigenvalue weighted by Gasteiger charge is -2.42. The summed E-state index contributed by atoms with van der Waals surface area (Å²) in [5, 5.41) is 12.6. The zero-order valence-corrected chi connectivity index (χ0v) is 28.3. The number of hydrogen-bond acceptors (Lipinski definition) is 9. The fourth-order valence-electron chi connectivity index (χ4n) is 7.24. The zero-order chi connectivity index (χ0) is 33.9. The molecule has 2 atom stereocenters. The van der Waals surface area contributed by atoms with Crippen molar-refractivity contribution in [3.05, 3.63) is 93.5 Å². The Morgan fingerprint density at radius 2 is 1.90 bits per heavy atom. The summed E-state index contributed by atoms with van der Waals surface area (Å²) >= 11 is 6.73. The minimum Gasteiger partial charge on any atom is -0.462 e. The molecule has 1 amide bonds. The first kappa shape index (κ1) is 32.6. The van der Waals surface area contributed by atoms with Crippen LogP contribution in [0.15, 0.2) is 71.7 Å². The van der Waals surface area contributed by atoms with E-state index in [1.54, 1.807) is 23.2 Å². The maximum absolute atomic E-state index is 13.4. The number of nitrogens with zero attached hydrogens (tertiary/aromatic N) is 8. The fourth-order valence-corrected chi connectivity index (χ4v) is 7.52. The molecule has 252 valence electrons. The number of amides is 1. The van der Waals surface area contributed by atoms with Gasteiger partial charge >= 0.3 is 6.01 Å². The van der Waals surface area contributed by atoms with Crippen molar-refractivity contribution in [2.45, 2.75) is 44.3 Å². The highest BCUT2D eigenvalue weighted by molar-refractivity contribution is 6.36. The number of likely N-dealkylation sites (tertiary alicyclic amines) is 1. The minimum absolute atomic E-state index is 0.168. The van der Waals surface area contributed by atoms with E-state index in [0.717, 1.165) is 59.5 Å². The molecule has 2 aromatic heterocycles. The van der Waals surface area contributed by atoms with Crippen molar-refractivity contribution < 1.29 is 9.53 Å². The quantitative estimate of drug-likeness (QED) is 0.247. The Bertz CT molecular complexity index is 1990. The van der Waals surface area contributed by atoms with Crippen LogP contribution >= 0.6 is 11.6 Å². The summed E-state index contributed by atoms with van der Waals surface area (Å²) in [5.41, 5.74) is 2.81. The molecule has 0 N–H and O–H groups in total. The van der Waals surface area contributed by atoms with Crippen LogP contribution in [0.5, 0.6) is 6.01 Å². The highest BCUT2D eigenvalue weighted by Gasteiger charge is 2.34. The summed E-state index contributed by atoms with van der Waals surface area (Å²) in [6, 6.07) is 19.6. The number of nitriles is 1.